The molecule has 0 radical (unpaired) electrons. The minimum absolute atomic E-state index is 0. The first-order valence-corrected chi connectivity index (χ1v) is 9.40. The van der Waals surface area contributed by atoms with E-state index in [9.17, 15) is 0 Å². The van der Waals surface area contributed by atoms with Gasteiger partial charge in [0.05, 0.1) is 13.2 Å². The lowest BCUT2D eigenvalue weighted by Gasteiger charge is -2.35. The summed E-state index contributed by atoms with van der Waals surface area (Å²) in [5, 5.41) is 3.50. The Labute approximate surface area is 172 Å². The van der Waals surface area contributed by atoms with Crippen LogP contribution in [0.5, 0.6) is 5.75 Å². The predicted molar refractivity (Wildman–Crippen MR) is 115 cm³/mol. The number of ether oxygens (including phenoxy) is 1. The third-order valence-electron chi connectivity index (χ3n) is 5.27. The molecule has 4 rings (SSSR count). The third kappa shape index (κ3) is 4.22. The molecule has 1 aliphatic rings. The molecule has 0 aliphatic carbocycles. The Morgan fingerprint density at radius 1 is 1.14 bits per heavy atom. The summed E-state index contributed by atoms with van der Waals surface area (Å²) in [6, 6.07) is 17.3. The molecule has 148 valence electrons. The summed E-state index contributed by atoms with van der Waals surface area (Å²) in [6.45, 7) is 3.89. The Bertz CT molecular complexity index is 894. The van der Waals surface area contributed by atoms with E-state index >= 15 is 0 Å². The summed E-state index contributed by atoms with van der Waals surface area (Å²) in [7, 11) is 3.78. The molecular formula is C22H27ClN4O. The number of piperazine rings is 1. The summed E-state index contributed by atoms with van der Waals surface area (Å²) in [6.07, 6.45) is 3.90. The van der Waals surface area contributed by atoms with Crippen LogP contribution in [-0.4, -0.2) is 41.2 Å². The quantitative estimate of drug-likeness (QED) is 0.712. The van der Waals surface area contributed by atoms with Gasteiger partial charge in [0.25, 0.3) is 0 Å². The Hall–Kier alpha value is -2.34. The van der Waals surface area contributed by atoms with Gasteiger partial charge < -0.3 is 14.6 Å². The molecule has 2 heterocycles. The number of rotatable bonds is 5. The maximum Gasteiger partial charge on any atom is 0.127 e. The van der Waals surface area contributed by atoms with Gasteiger partial charge in [0.2, 0.25) is 0 Å². The van der Waals surface area contributed by atoms with Gasteiger partial charge in [-0.05, 0) is 17.2 Å². The molecule has 0 amide bonds. The van der Waals surface area contributed by atoms with Gasteiger partial charge >= 0.3 is 0 Å². The highest BCUT2D eigenvalue weighted by molar-refractivity contribution is 5.85. The summed E-state index contributed by atoms with van der Waals surface area (Å²) >= 11 is 0. The van der Waals surface area contributed by atoms with Crippen LogP contribution in [0.4, 0.5) is 0 Å². The second kappa shape index (κ2) is 9.24. The zero-order valence-corrected chi connectivity index (χ0v) is 17.2. The zero-order valence-electron chi connectivity index (χ0n) is 16.3. The Balaban J connectivity index is 0.00000225. The van der Waals surface area contributed by atoms with Crippen molar-refractivity contribution in [3.63, 3.8) is 0 Å². The standard InChI is InChI=1S/C22H26N4O.ClH/c1-25-13-12-24-22(25)20-15-23-11-14-26(20)16-17-7-9-18(10-8-17)19-5-3-4-6-21(19)27-2;/h3-10,12-13,20,23H,11,14-16H2,1-2H3;1H. The third-order valence-corrected chi connectivity index (χ3v) is 5.27. The lowest BCUT2D eigenvalue weighted by atomic mass is 10.0. The van der Waals surface area contributed by atoms with Crippen molar-refractivity contribution in [1.29, 1.82) is 0 Å². The lowest BCUT2D eigenvalue weighted by molar-refractivity contribution is 0.145. The van der Waals surface area contributed by atoms with Crippen LogP contribution in [0.25, 0.3) is 11.1 Å². The number of methoxy groups -OCH3 is 1. The molecule has 0 saturated carbocycles. The minimum Gasteiger partial charge on any atom is -0.496 e. The fraction of sp³-hybridized carbons (Fsp3) is 0.318. The topological polar surface area (TPSA) is 42.3 Å². The molecule has 1 fully saturated rings. The molecule has 3 aromatic rings. The average molecular weight is 399 g/mol. The monoisotopic (exact) mass is 398 g/mol. The number of aryl methyl sites for hydroxylation is 1. The van der Waals surface area contributed by atoms with E-state index in [-0.39, 0.29) is 12.4 Å². The maximum atomic E-state index is 5.49. The molecule has 1 aliphatic heterocycles. The van der Waals surface area contributed by atoms with Gasteiger partial charge in [0.1, 0.15) is 11.6 Å². The van der Waals surface area contributed by atoms with Gasteiger partial charge in [-0.3, -0.25) is 4.90 Å². The number of nitrogens with one attached hydrogen (secondary N) is 1. The van der Waals surface area contributed by atoms with Crippen molar-refractivity contribution >= 4 is 12.4 Å². The maximum absolute atomic E-state index is 5.49. The van der Waals surface area contributed by atoms with E-state index < -0.39 is 0 Å². The van der Waals surface area contributed by atoms with E-state index in [2.05, 4.69) is 57.1 Å². The van der Waals surface area contributed by atoms with E-state index in [0.29, 0.717) is 6.04 Å². The number of imidazole rings is 1. The number of halogens is 1. The summed E-state index contributed by atoms with van der Waals surface area (Å²) in [5.41, 5.74) is 3.62. The fourth-order valence-corrected chi connectivity index (χ4v) is 3.80. The van der Waals surface area contributed by atoms with Gasteiger partial charge in [-0.25, -0.2) is 4.98 Å². The van der Waals surface area contributed by atoms with Crippen LogP contribution in [0.1, 0.15) is 17.4 Å². The van der Waals surface area contributed by atoms with E-state index in [4.69, 9.17) is 4.74 Å². The van der Waals surface area contributed by atoms with Crippen molar-refractivity contribution in [1.82, 2.24) is 19.8 Å². The van der Waals surface area contributed by atoms with Gasteiger partial charge in [-0.2, -0.15) is 0 Å². The van der Waals surface area contributed by atoms with Crippen molar-refractivity contribution < 1.29 is 4.74 Å². The highest BCUT2D eigenvalue weighted by atomic mass is 35.5. The van der Waals surface area contributed by atoms with Crippen LogP contribution in [0, 0.1) is 0 Å². The molecule has 0 bridgehead atoms. The van der Waals surface area contributed by atoms with E-state index in [1.165, 1.54) is 11.1 Å². The second-order valence-electron chi connectivity index (χ2n) is 6.98. The molecule has 0 spiro atoms. The minimum atomic E-state index is 0. The Kier molecular flexibility index (Phi) is 6.73. The molecule has 1 atom stereocenters. The first-order valence-electron chi connectivity index (χ1n) is 9.40. The van der Waals surface area contributed by atoms with E-state index in [0.717, 1.165) is 43.3 Å². The van der Waals surface area contributed by atoms with Gasteiger partial charge in [0.15, 0.2) is 0 Å². The first kappa shape index (κ1) is 20.4. The number of aromatic nitrogens is 2. The van der Waals surface area contributed by atoms with Gasteiger partial charge in [-0.15, -0.1) is 12.4 Å². The van der Waals surface area contributed by atoms with Crippen LogP contribution in [0.3, 0.4) is 0 Å². The average Bonchev–Trinajstić information content (AvgIpc) is 3.15. The van der Waals surface area contributed by atoms with Crippen molar-refractivity contribution in [2.24, 2.45) is 7.05 Å². The molecule has 6 heteroatoms. The molecule has 1 N–H and O–H groups in total. The van der Waals surface area contributed by atoms with Crippen LogP contribution >= 0.6 is 12.4 Å². The van der Waals surface area contributed by atoms with E-state index in [1.807, 2.05) is 30.6 Å². The van der Waals surface area contributed by atoms with Crippen LogP contribution in [0.15, 0.2) is 60.9 Å². The number of hydrogen-bond acceptors (Lipinski definition) is 4. The number of benzene rings is 2. The molecule has 5 nitrogen and oxygen atoms in total. The first-order chi connectivity index (χ1) is 13.3. The molecular weight excluding hydrogens is 372 g/mol. The molecule has 1 unspecified atom stereocenters. The molecule has 1 saturated heterocycles. The lowest BCUT2D eigenvalue weighted by Crippen LogP contribution is -2.46. The molecule has 28 heavy (non-hydrogen) atoms. The normalized spacial score (nSPS) is 17.1. The number of nitrogens with zero attached hydrogens (tertiary/aromatic N) is 3. The molecule has 1 aromatic heterocycles. The largest absolute Gasteiger partial charge is 0.496 e. The number of para-hydroxylation sites is 1. The summed E-state index contributed by atoms with van der Waals surface area (Å²) in [5.74, 6) is 2.02. The second-order valence-corrected chi connectivity index (χ2v) is 6.98. The van der Waals surface area contributed by atoms with Crippen LogP contribution < -0.4 is 10.1 Å². The van der Waals surface area contributed by atoms with Crippen LogP contribution in [0.2, 0.25) is 0 Å². The highest BCUT2D eigenvalue weighted by Gasteiger charge is 2.26. The van der Waals surface area contributed by atoms with Gasteiger partial charge in [0, 0.05) is 51.2 Å². The van der Waals surface area contributed by atoms with Crippen LogP contribution in [-0.2, 0) is 13.6 Å². The van der Waals surface area contributed by atoms with Crippen molar-refractivity contribution in [3.05, 3.63) is 72.3 Å². The Morgan fingerprint density at radius 3 is 2.64 bits per heavy atom. The van der Waals surface area contributed by atoms with E-state index in [1.54, 1.807) is 7.11 Å². The summed E-state index contributed by atoms with van der Waals surface area (Å²) < 4.78 is 7.61. The number of hydrogen-bond donors (Lipinski definition) is 1. The molecule has 2 aromatic carbocycles. The Morgan fingerprint density at radius 2 is 1.93 bits per heavy atom. The van der Waals surface area contributed by atoms with Gasteiger partial charge in [-0.1, -0.05) is 42.5 Å². The van der Waals surface area contributed by atoms with Crippen molar-refractivity contribution in [3.8, 4) is 16.9 Å². The predicted octanol–water partition coefficient (Wildman–Crippen LogP) is 3.66. The fourth-order valence-electron chi connectivity index (χ4n) is 3.80. The SMILES string of the molecule is COc1ccccc1-c1ccc(CN2CCNCC2c2nccn2C)cc1.Cl. The zero-order chi connectivity index (χ0) is 18.6. The summed E-state index contributed by atoms with van der Waals surface area (Å²) in [4.78, 5) is 7.08. The van der Waals surface area contributed by atoms with Crippen molar-refractivity contribution in [2.75, 3.05) is 26.7 Å². The van der Waals surface area contributed by atoms with Crippen molar-refractivity contribution in [2.45, 2.75) is 12.6 Å². The highest BCUT2D eigenvalue weighted by Crippen LogP contribution is 2.30. The smallest absolute Gasteiger partial charge is 0.127 e.